The molecule has 0 amide bonds. The maximum Gasteiger partial charge on any atom is 0.125 e. The van der Waals surface area contributed by atoms with Crippen LogP contribution in [-0.2, 0) is 0 Å². The van der Waals surface area contributed by atoms with Crippen molar-refractivity contribution in [2.75, 3.05) is 0 Å². The molecule has 0 aliphatic heterocycles. The first-order chi connectivity index (χ1) is 9.43. The van der Waals surface area contributed by atoms with Crippen molar-refractivity contribution in [1.29, 1.82) is 0 Å². The number of hydrogen-bond acceptors (Lipinski definition) is 4. The standard InChI is InChI=1S/2C7H7NOS/c2*8-7(10)5-3-1-2-4-6(5)9/h2*1-4,9H,(H2,8,10). The van der Waals surface area contributed by atoms with Gasteiger partial charge in [-0.15, -0.1) is 0 Å². The molecule has 0 saturated carbocycles. The van der Waals surface area contributed by atoms with E-state index in [-0.39, 0.29) is 21.5 Å². The molecule has 6 N–H and O–H groups in total. The Labute approximate surface area is 127 Å². The molecule has 4 nitrogen and oxygen atoms in total. The Bertz CT molecular complexity index is 575. The van der Waals surface area contributed by atoms with E-state index < -0.39 is 0 Å². The number of para-hydroxylation sites is 2. The zero-order valence-electron chi connectivity index (χ0n) is 10.5. The molecule has 0 aliphatic rings. The van der Waals surface area contributed by atoms with Gasteiger partial charge in [0.1, 0.15) is 21.5 Å². The van der Waals surface area contributed by atoms with Gasteiger partial charge in [0, 0.05) is 0 Å². The quantitative estimate of drug-likeness (QED) is 0.635. The molecule has 2 aromatic rings. The van der Waals surface area contributed by atoms with Gasteiger partial charge in [0.05, 0.1) is 11.1 Å². The van der Waals surface area contributed by atoms with Crippen LogP contribution in [0.25, 0.3) is 0 Å². The Morgan fingerprint density at radius 3 is 1.20 bits per heavy atom. The van der Waals surface area contributed by atoms with Crippen molar-refractivity contribution >= 4 is 34.4 Å². The molecule has 0 atom stereocenters. The van der Waals surface area contributed by atoms with Crippen LogP contribution in [0, 0.1) is 0 Å². The third-order valence-electron chi connectivity index (χ3n) is 2.34. The van der Waals surface area contributed by atoms with E-state index in [1.54, 1.807) is 48.5 Å². The highest BCUT2D eigenvalue weighted by atomic mass is 32.1. The first-order valence-corrected chi connectivity index (χ1v) is 6.40. The van der Waals surface area contributed by atoms with E-state index in [0.29, 0.717) is 11.1 Å². The zero-order valence-corrected chi connectivity index (χ0v) is 12.1. The third-order valence-corrected chi connectivity index (χ3v) is 2.78. The minimum Gasteiger partial charge on any atom is -0.507 e. The number of benzene rings is 2. The maximum atomic E-state index is 9.11. The minimum absolute atomic E-state index is 0.134. The predicted octanol–water partition coefficient (Wildman–Crippen LogP) is 2.05. The molecule has 0 fully saturated rings. The van der Waals surface area contributed by atoms with Crippen LogP contribution < -0.4 is 11.5 Å². The van der Waals surface area contributed by atoms with Gasteiger partial charge in [-0.25, -0.2) is 0 Å². The lowest BCUT2D eigenvalue weighted by Crippen LogP contribution is -2.08. The van der Waals surface area contributed by atoms with Gasteiger partial charge >= 0.3 is 0 Å². The Balaban J connectivity index is 0.000000200. The lowest BCUT2D eigenvalue weighted by atomic mass is 10.2. The zero-order chi connectivity index (χ0) is 15.1. The second-order valence-electron chi connectivity index (χ2n) is 3.76. The van der Waals surface area contributed by atoms with Crippen LogP contribution in [0.2, 0.25) is 0 Å². The molecular formula is C14H14N2O2S2. The number of thiocarbonyl (C=S) groups is 2. The van der Waals surface area contributed by atoms with Crippen molar-refractivity contribution in [3.8, 4) is 11.5 Å². The molecule has 20 heavy (non-hydrogen) atoms. The average molecular weight is 306 g/mol. The minimum atomic E-state index is 0.134. The fraction of sp³-hybridized carbons (Fsp3) is 0. The van der Waals surface area contributed by atoms with Gasteiger partial charge in [0.15, 0.2) is 0 Å². The van der Waals surface area contributed by atoms with E-state index in [1.165, 1.54) is 0 Å². The molecule has 0 radical (unpaired) electrons. The second kappa shape index (κ2) is 7.42. The normalized spacial score (nSPS) is 9.20. The van der Waals surface area contributed by atoms with Crippen molar-refractivity contribution in [2.45, 2.75) is 0 Å². The van der Waals surface area contributed by atoms with E-state index in [0.717, 1.165) is 0 Å². The molecule has 0 heterocycles. The van der Waals surface area contributed by atoms with Gasteiger partial charge in [-0.3, -0.25) is 0 Å². The van der Waals surface area contributed by atoms with Crippen LogP contribution in [0.15, 0.2) is 48.5 Å². The summed E-state index contributed by atoms with van der Waals surface area (Å²) in [5, 5.41) is 18.2. The molecule has 0 aliphatic carbocycles. The van der Waals surface area contributed by atoms with Crippen LogP contribution in [0.3, 0.4) is 0 Å². The Morgan fingerprint density at radius 2 is 1.00 bits per heavy atom. The SMILES string of the molecule is NC(=S)c1ccccc1O.NC(=S)c1ccccc1O. The number of rotatable bonds is 2. The van der Waals surface area contributed by atoms with Crippen LogP contribution in [0.5, 0.6) is 11.5 Å². The number of nitrogens with two attached hydrogens (primary N) is 2. The number of phenols is 2. The molecule has 2 aromatic carbocycles. The van der Waals surface area contributed by atoms with Gasteiger partial charge in [0.25, 0.3) is 0 Å². The average Bonchev–Trinajstić information content (AvgIpc) is 2.40. The maximum absolute atomic E-state index is 9.11. The topological polar surface area (TPSA) is 92.5 Å². The molecule has 2 rings (SSSR count). The monoisotopic (exact) mass is 306 g/mol. The molecule has 0 saturated heterocycles. The molecule has 104 valence electrons. The Hall–Kier alpha value is -2.18. The summed E-state index contributed by atoms with van der Waals surface area (Å²) in [6, 6.07) is 13.4. The van der Waals surface area contributed by atoms with E-state index in [1.807, 2.05) is 0 Å². The molecule has 0 aromatic heterocycles. The summed E-state index contributed by atoms with van der Waals surface area (Å²) >= 11 is 9.33. The highest BCUT2D eigenvalue weighted by Crippen LogP contribution is 2.15. The Kier molecular flexibility index (Phi) is 5.89. The van der Waals surface area contributed by atoms with Crippen LogP contribution >= 0.6 is 24.4 Å². The lowest BCUT2D eigenvalue weighted by Gasteiger charge is -1.98. The van der Waals surface area contributed by atoms with E-state index >= 15 is 0 Å². The third kappa shape index (κ3) is 4.49. The van der Waals surface area contributed by atoms with Crippen molar-refractivity contribution < 1.29 is 10.2 Å². The van der Waals surface area contributed by atoms with Crippen molar-refractivity contribution in [2.24, 2.45) is 11.5 Å². The summed E-state index contributed by atoms with van der Waals surface area (Å²) in [4.78, 5) is 0.441. The molecule has 6 heteroatoms. The summed E-state index contributed by atoms with van der Waals surface area (Å²) in [6.07, 6.45) is 0. The van der Waals surface area contributed by atoms with Gasteiger partial charge in [-0.05, 0) is 24.3 Å². The van der Waals surface area contributed by atoms with Crippen molar-refractivity contribution in [1.82, 2.24) is 0 Å². The second-order valence-corrected chi connectivity index (χ2v) is 4.64. The summed E-state index contributed by atoms with van der Waals surface area (Å²) in [6.45, 7) is 0. The fourth-order valence-corrected chi connectivity index (χ4v) is 1.71. The number of hydrogen-bond donors (Lipinski definition) is 4. The summed E-state index contributed by atoms with van der Waals surface area (Å²) in [5.74, 6) is 0.269. The highest BCUT2D eigenvalue weighted by molar-refractivity contribution is 7.80. The molecule has 0 bridgehead atoms. The van der Waals surface area contributed by atoms with Gasteiger partial charge in [0.2, 0.25) is 0 Å². The largest absolute Gasteiger partial charge is 0.507 e. The highest BCUT2D eigenvalue weighted by Gasteiger charge is 2.00. The van der Waals surface area contributed by atoms with Crippen LogP contribution in [0.4, 0.5) is 0 Å². The van der Waals surface area contributed by atoms with Gasteiger partial charge < -0.3 is 21.7 Å². The fourth-order valence-electron chi connectivity index (χ4n) is 1.36. The number of aromatic hydroxyl groups is 2. The van der Waals surface area contributed by atoms with Gasteiger partial charge in [-0.2, -0.15) is 0 Å². The predicted molar refractivity (Wildman–Crippen MR) is 88.0 cm³/mol. The molecular weight excluding hydrogens is 292 g/mol. The molecule has 0 spiro atoms. The Morgan fingerprint density at radius 1 is 0.700 bits per heavy atom. The first kappa shape index (κ1) is 15.9. The van der Waals surface area contributed by atoms with E-state index in [9.17, 15) is 0 Å². The van der Waals surface area contributed by atoms with Crippen molar-refractivity contribution in [3.63, 3.8) is 0 Å². The lowest BCUT2D eigenvalue weighted by molar-refractivity contribution is 0.473. The molecule has 0 unspecified atom stereocenters. The van der Waals surface area contributed by atoms with Crippen molar-refractivity contribution in [3.05, 3.63) is 59.7 Å². The summed E-state index contributed by atoms with van der Waals surface area (Å²) < 4.78 is 0. The smallest absolute Gasteiger partial charge is 0.125 e. The number of phenolic OH excluding ortho intramolecular Hbond substituents is 2. The van der Waals surface area contributed by atoms with Crippen LogP contribution in [-0.4, -0.2) is 20.2 Å². The van der Waals surface area contributed by atoms with Crippen LogP contribution in [0.1, 0.15) is 11.1 Å². The van der Waals surface area contributed by atoms with E-state index in [2.05, 4.69) is 24.4 Å². The summed E-state index contributed by atoms with van der Waals surface area (Å²) in [5.41, 5.74) is 11.6. The van der Waals surface area contributed by atoms with Gasteiger partial charge in [-0.1, -0.05) is 48.7 Å². The first-order valence-electron chi connectivity index (χ1n) is 5.59. The summed E-state index contributed by atoms with van der Waals surface area (Å²) in [7, 11) is 0. The van der Waals surface area contributed by atoms with E-state index in [4.69, 9.17) is 21.7 Å².